The van der Waals surface area contributed by atoms with Gasteiger partial charge in [0.05, 0.1) is 15.2 Å². The Hall–Kier alpha value is -1.000. The van der Waals surface area contributed by atoms with Gasteiger partial charge in [-0.15, -0.1) is 11.3 Å². The second-order valence-electron chi connectivity index (χ2n) is 4.71. The summed E-state index contributed by atoms with van der Waals surface area (Å²) in [5.74, 6) is -0.207. The van der Waals surface area contributed by atoms with Gasteiger partial charge in [-0.3, -0.25) is 0 Å². The number of thiazole rings is 1. The zero-order chi connectivity index (χ0) is 11.8. The van der Waals surface area contributed by atoms with E-state index in [4.69, 9.17) is 5.73 Å². The van der Waals surface area contributed by atoms with Crippen molar-refractivity contribution in [1.29, 1.82) is 0 Å². The third-order valence-corrected chi connectivity index (χ3v) is 3.46. The summed E-state index contributed by atoms with van der Waals surface area (Å²) in [4.78, 5) is 4.45. The van der Waals surface area contributed by atoms with Gasteiger partial charge in [0.1, 0.15) is 5.82 Å². The molecule has 0 atom stereocenters. The minimum atomic E-state index is -0.207. The highest BCUT2D eigenvalue weighted by Crippen LogP contribution is 2.24. The van der Waals surface area contributed by atoms with Gasteiger partial charge >= 0.3 is 0 Å². The minimum absolute atomic E-state index is 0.177. The SMILES string of the molecule is CC(C)(N)CCc1nc2ccc(F)cc2s1. The van der Waals surface area contributed by atoms with E-state index in [9.17, 15) is 4.39 Å². The van der Waals surface area contributed by atoms with Crippen LogP contribution in [0.3, 0.4) is 0 Å². The number of nitrogens with zero attached hydrogens (tertiary/aromatic N) is 1. The molecule has 2 N–H and O–H groups in total. The Kier molecular flexibility index (Phi) is 2.95. The molecule has 0 aliphatic carbocycles. The van der Waals surface area contributed by atoms with Crippen LogP contribution in [0.2, 0.25) is 0 Å². The van der Waals surface area contributed by atoms with Crippen LogP contribution < -0.4 is 5.73 Å². The molecular formula is C12H15FN2S. The molecule has 1 aromatic heterocycles. The van der Waals surface area contributed by atoms with Gasteiger partial charge in [0.2, 0.25) is 0 Å². The zero-order valence-corrected chi connectivity index (χ0v) is 10.3. The monoisotopic (exact) mass is 238 g/mol. The van der Waals surface area contributed by atoms with E-state index in [-0.39, 0.29) is 11.4 Å². The normalized spacial score (nSPS) is 12.2. The maximum absolute atomic E-state index is 13.0. The fourth-order valence-corrected chi connectivity index (χ4v) is 2.47. The smallest absolute Gasteiger partial charge is 0.124 e. The molecule has 86 valence electrons. The van der Waals surface area contributed by atoms with Crippen molar-refractivity contribution < 1.29 is 4.39 Å². The summed E-state index contributed by atoms with van der Waals surface area (Å²) >= 11 is 1.55. The van der Waals surface area contributed by atoms with Crippen LogP contribution in [0.15, 0.2) is 18.2 Å². The second kappa shape index (κ2) is 4.11. The van der Waals surface area contributed by atoms with Crippen molar-refractivity contribution >= 4 is 21.6 Å². The third kappa shape index (κ3) is 2.77. The number of rotatable bonds is 3. The van der Waals surface area contributed by atoms with E-state index >= 15 is 0 Å². The quantitative estimate of drug-likeness (QED) is 0.892. The van der Waals surface area contributed by atoms with Gasteiger partial charge in [-0.05, 0) is 38.5 Å². The molecule has 0 bridgehead atoms. The van der Waals surface area contributed by atoms with Gasteiger partial charge in [0, 0.05) is 12.0 Å². The van der Waals surface area contributed by atoms with Crippen LogP contribution >= 0.6 is 11.3 Å². The van der Waals surface area contributed by atoms with Gasteiger partial charge in [-0.25, -0.2) is 9.37 Å². The topological polar surface area (TPSA) is 38.9 Å². The Labute approximate surface area is 98.3 Å². The van der Waals surface area contributed by atoms with Crippen LogP contribution in [-0.2, 0) is 6.42 Å². The van der Waals surface area contributed by atoms with Gasteiger partial charge in [-0.1, -0.05) is 0 Å². The van der Waals surface area contributed by atoms with E-state index in [1.54, 1.807) is 17.4 Å². The summed E-state index contributed by atoms with van der Waals surface area (Å²) < 4.78 is 13.9. The van der Waals surface area contributed by atoms with E-state index in [0.717, 1.165) is 28.1 Å². The summed E-state index contributed by atoms with van der Waals surface area (Å²) in [6.45, 7) is 4.00. The van der Waals surface area contributed by atoms with E-state index < -0.39 is 0 Å². The third-order valence-electron chi connectivity index (χ3n) is 2.38. The molecule has 16 heavy (non-hydrogen) atoms. The molecule has 2 rings (SSSR count). The lowest BCUT2D eigenvalue weighted by molar-refractivity contribution is 0.476. The molecule has 1 heterocycles. The van der Waals surface area contributed by atoms with Crippen molar-refractivity contribution in [3.05, 3.63) is 29.0 Å². The average Bonchev–Trinajstić information content (AvgIpc) is 2.55. The number of aromatic nitrogens is 1. The highest BCUT2D eigenvalue weighted by Gasteiger charge is 2.12. The number of halogens is 1. The number of fused-ring (bicyclic) bond motifs is 1. The van der Waals surface area contributed by atoms with Gasteiger partial charge < -0.3 is 5.73 Å². The average molecular weight is 238 g/mol. The molecule has 2 nitrogen and oxygen atoms in total. The van der Waals surface area contributed by atoms with E-state index in [1.807, 2.05) is 13.8 Å². The van der Waals surface area contributed by atoms with Crippen LogP contribution in [0.1, 0.15) is 25.3 Å². The molecule has 4 heteroatoms. The predicted octanol–water partition coefficient (Wildman–Crippen LogP) is 3.11. The van der Waals surface area contributed by atoms with Crippen molar-refractivity contribution in [3.8, 4) is 0 Å². The van der Waals surface area contributed by atoms with Crippen LogP contribution in [0, 0.1) is 5.82 Å². The maximum atomic E-state index is 13.0. The first-order valence-corrected chi connectivity index (χ1v) is 6.09. The summed E-state index contributed by atoms with van der Waals surface area (Å²) in [5, 5.41) is 1.03. The van der Waals surface area contributed by atoms with Crippen LogP contribution in [0.25, 0.3) is 10.2 Å². The van der Waals surface area contributed by atoms with Gasteiger partial charge in [0.15, 0.2) is 0 Å². The fraction of sp³-hybridized carbons (Fsp3) is 0.417. The lowest BCUT2D eigenvalue weighted by Crippen LogP contribution is -2.32. The number of benzene rings is 1. The number of aryl methyl sites for hydroxylation is 1. The molecule has 1 aromatic carbocycles. The molecule has 0 saturated heterocycles. The molecule has 0 spiro atoms. The summed E-state index contributed by atoms with van der Waals surface area (Å²) in [6, 6.07) is 4.70. The Balaban J connectivity index is 2.20. The summed E-state index contributed by atoms with van der Waals surface area (Å²) in [5.41, 5.74) is 6.61. The zero-order valence-electron chi connectivity index (χ0n) is 9.46. The fourth-order valence-electron chi connectivity index (χ4n) is 1.48. The minimum Gasteiger partial charge on any atom is -0.326 e. The van der Waals surface area contributed by atoms with Crippen molar-refractivity contribution in [2.45, 2.75) is 32.2 Å². The van der Waals surface area contributed by atoms with Crippen molar-refractivity contribution in [2.75, 3.05) is 0 Å². The first kappa shape index (κ1) is 11.5. The second-order valence-corrected chi connectivity index (χ2v) is 5.82. The largest absolute Gasteiger partial charge is 0.326 e. The Morgan fingerprint density at radius 3 is 2.88 bits per heavy atom. The molecule has 0 radical (unpaired) electrons. The van der Waals surface area contributed by atoms with Gasteiger partial charge in [0.25, 0.3) is 0 Å². The first-order valence-electron chi connectivity index (χ1n) is 5.28. The van der Waals surface area contributed by atoms with Crippen molar-refractivity contribution in [1.82, 2.24) is 4.98 Å². The molecular weight excluding hydrogens is 223 g/mol. The van der Waals surface area contributed by atoms with E-state index in [0.29, 0.717) is 0 Å². The lowest BCUT2D eigenvalue weighted by Gasteiger charge is -2.16. The lowest BCUT2D eigenvalue weighted by atomic mass is 10.0. The molecule has 0 amide bonds. The molecule has 0 aliphatic heterocycles. The number of nitrogens with two attached hydrogens (primary N) is 1. The summed E-state index contributed by atoms with van der Waals surface area (Å²) in [6.07, 6.45) is 1.74. The highest BCUT2D eigenvalue weighted by molar-refractivity contribution is 7.18. The van der Waals surface area contributed by atoms with Crippen LogP contribution in [0.5, 0.6) is 0 Å². The van der Waals surface area contributed by atoms with Crippen LogP contribution in [-0.4, -0.2) is 10.5 Å². The van der Waals surface area contributed by atoms with E-state index in [1.165, 1.54) is 12.1 Å². The van der Waals surface area contributed by atoms with Gasteiger partial charge in [-0.2, -0.15) is 0 Å². The Bertz CT molecular complexity index is 499. The number of hydrogen-bond acceptors (Lipinski definition) is 3. The molecule has 0 aliphatic rings. The molecule has 0 unspecified atom stereocenters. The number of hydrogen-bond donors (Lipinski definition) is 1. The Morgan fingerprint density at radius 2 is 2.19 bits per heavy atom. The maximum Gasteiger partial charge on any atom is 0.124 e. The van der Waals surface area contributed by atoms with Crippen molar-refractivity contribution in [2.24, 2.45) is 5.73 Å². The molecule has 0 fully saturated rings. The molecule has 0 saturated carbocycles. The molecule has 2 aromatic rings. The predicted molar refractivity (Wildman–Crippen MR) is 66.2 cm³/mol. The first-order chi connectivity index (χ1) is 7.44. The van der Waals surface area contributed by atoms with E-state index in [2.05, 4.69) is 4.98 Å². The van der Waals surface area contributed by atoms with Crippen molar-refractivity contribution in [3.63, 3.8) is 0 Å². The standard InChI is InChI=1S/C12H15FN2S/c1-12(2,14)6-5-11-15-9-4-3-8(13)7-10(9)16-11/h3-4,7H,5-6,14H2,1-2H3. The van der Waals surface area contributed by atoms with Crippen LogP contribution in [0.4, 0.5) is 4.39 Å². The highest BCUT2D eigenvalue weighted by atomic mass is 32.1. The Morgan fingerprint density at radius 1 is 1.44 bits per heavy atom. The summed E-state index contributed by atoms with van der Waals surface area (Å²) in [7, 11) is 0.